The fourth-order valence-corrected chi connectivity index (χ4v) is 4.77. The number of carbonyl (C=O) groups is 1. The maximum Gasteiger partial charge on any atom is 0.303 e. The van der Waals surface area contributed by atoms with E-state index in [2.05, 4.69) is 6.92 Å². The van der Waals surface area contributed by atoms with E-state index in [-0.39, 0.29) is 17.1 Å². The van der Waals surface area contributed by atoms with Gasteiger partial charge in [0.25, 0.3) is 0 Å². The number of aliphatic carboxylic acids is 1. The molecule has 1 radical (unpaired) electrons. The molecule has 0 aliphatic rings. The van der Waals surface area contributed by atoms with Gasteiger partial charge in [-0.15, -0.1) is 0 Å². The Bertz CT molecular complexity index is 359. The summed E-state index contributed by atoms with van der Waals surface area (Å²) in [5, 5.41) is 8.61. The van der Waals surface area contributed by atoms with Crippen LogP contribution in [0.2, 0.25) is 0 Å². The Morgan fingerprint density at radius 3 is 0.758 bits per heavy atom. The molecule has 203 valence electrons. The number of hydrogen-bond donors (Lipinski definition) is 1. The minimum absolute atomic E-state index is 0. The van der Waals surface area contributed by atoms with Crippen molar-refractivity contribution in [3.05, 3.63) is 0 Å². The normalized spacial score (nSPS) is 10.9. The van der Waals surface area contributed by atoms with Crippen LogP contribution in [0.15, 0.2) is 0 Å². The Labute approximate surface area is 219 Å². The van der Waals surface area contributed by atoms with Crippen LogP contribution in [0.5, 0.6) is 0 Å². The van der Waals surface area contributed by atoms with Crippen LogP contribution < -0.4 is 0 Å². The van der Waals surface area contributed by atoms with Crippen LogP contribution in [0.1, 0.15) is 187 Å². The van der Waals surface area contributed by atoms with Crippen LogP contribution in [0, 0.1) is 0 Å². The van der Waals surface area contributed by atoms with Crippen LogP contribution in [0.3, 0.4) is 0 Å². The van der Waals surface area contributed by atoms with E-state index in [4.69, 9.17) is 5.11 Å². The van der Waals surface area contributed by atoms with E-state index in [1.165, 1.54) is 161 Å². The molecule has 0 heterocycles. The molecule has 2 nitrogen and oxygen atoms in total. The van der Waals surface area contributed by atoms with E-state index in [9.17, 15) is 4.79 Å². The first kappa shape index (κ1) is 35.2. The van der Waals surface area contributed by atoms with Crippen molar-refractivity contribution in [2.75, 3.05) is 0 Å². The van der Waals surface area contributed by atoms with Gasteiger partial charge in [-0.1, -0.05) is 174 Å². The molecule has 0 spiro atoms. The summed E-state index contributed by atoms with van der Waals surface area (Å²) >= 11 is 0. The van der Waals surface area contributed by atoms with E-state index in [0.29, 0.717) is 6.42 Å². The monoisotopic (exact) mass is 515 g/mol. The first-order valence-electron chi connectivity index (χ1n) is 15.0. The number of hydrogen-bond acceptors (Lipinski definition) is 1. The smallest absolute Gasteiger partial charge is 0.303 e. The molecule has 0 aliphatic heterocycles. The molecule has 0 unspecified atom stereocenters. The van der Waals surface area contributed by atoms with E-state index in [1.54, 1.807) is 0 Å². The average molecular weight is 516 g/mol. The average Bonchev–Trinajstić information content (AvgIpc) is 2.78. The third kappa shape index (κ3) is 34.2. The summed E-state index contributed by atoms with van der Waals surface area (Å²) in [6.07, 6.45) is 38.0. The molecule has 0 amide bonds. The molecule has 0 aromatic carbocycles. The van der Waals surface area contributed by atoms with Gasteiger partial charge in [0, 0.05) is 23.5 Å². The van der Waals surface area contributed by atoms with Gasteiger partial charge in [-0.25, -0.2) is 0 Å². The predicted molar refractivity (Wildman–Crippen MR) is 143 cm³/mol. The third-order valence-electron chi connectivity index (χ3n) is 6.99. The first-order valence-corrected chi connectivity index (χ1v) is 15.0. The molecule has 0 bridgehead atoms. The quantitative estimate of drug-likeness (QED) is 0.0830. The number of unbranched alkanes of at least 4 members (excludes halogenated alkanes) is 26. The summed E-state index contributed by atoms with van der Waals surface area (Å²) < 4.78 is 0. The standard InChI is InChI=1S/C30H60O2.Cu/c1-2-3-4-5-6-7-8-9-10-11-12-13-14-15-16-17-18-19-20-21-22-23-24-25-26-27-28-29-30(31)32;/h2-29H2,1H3,(H,31,32);. The van der Waals surface area contributed by atoms with Crippen molar-refractivity contribution in [3.63, 3.8) is 0 Å². The predicted octanol–water partition coefficient (Wildman–Crippen LogP) is 11.0. The van der Waals surface area contributed by atoms with Crippen LogP contribution in [0.25, 0.3) is 0 Å². The summed E-state index contributed by atoms with van der Waals surface area (Å²) in [5.41, 5.74) is 0. The summed E-state index contributed by atoms with van der Waals surface area (Å²) in [7, 11) is 0. The second-order valence-corrected chi connectivity index (χ2v) is 10.3. The van der Waals surface area contributed by atoms with Gasteiger partial charge in [0.2, 0.25) is 0 Å². The van der Waals surface area contributed by atoms with Crippen molar-refractivity contribution >= 4 is 5.97 Å². The van der Waals surface area contributed by atoms with Gasteiger partial charge in [0.05, 0.1) is 0 Å². The molecule has 0 saturated carbocycles. The molecule has 0 saturated heterocycles. The molecule has 3 heteroatoms. The van der Waals surface area contributed by atoms with Gasteiger partial charge < -0.3 is 5.11 Å². The van der Waals surface area contributed by atoms with Crippen molar-refractivity contribution in [2.24, 2.45) is 0 Å². The van der Waals surface area contributed by atoms with E-state index in [0.717, 1.165) is 12.8 Å². The van der Waals surface area contributed by atoms with Crippen LogP contribution in [-0.4, -0.2) is 11.1 Å². The second-order valence-electron chi connectivity index (χ2n) is 10.3. The van der Waals surface area contributed by atoms with Gasteiger partial charge >= 0.3 is 5.97 Å². The van der Waals surface area contributed by atoms with Crippen molar-refractivity contribution in [2.45, 2.75) is 187 Å². The molecular formula is C30H60CuO2. The first-order chi connectivity index (χ1) is 15.8. The van der Waals surface area contributed by atoms with Gasteiger partial charge in [0.15, 0.2) is 0 Å². The molecule has 0 aromatic rings. The Kier molecular flexibility index (Phi) is 34.1. The summed E-state index contributed by atoms with van der Waals surface area (Å²) in [6.45, 7) is 2.30. The van der Waals surface area contributed by atoms with Crippen LogP contribution in [-0.2, 0) is 21.9 Å². The minimum Gasteiger partial charge on any atom is -0.481 e. The molecule has 33 heavy (non-hydrogen) atoms. The molecule has 1 N–H and O–H groups in total. The zero-order valence-corrected chi connectivity index (χ0v) is 23.4. The SMILES string of the molecule is CCCCCCCCCCCCCCCCCCCCCCCCCCCCCC(=O)O.[Cu]. The molecule has 0 aromatic heterocycles. The Balaban J connectivity index is 0. The second kappa shape index (κ2) is 32.0. The third-order valence-corrected chi connectivity index (χ3v) is 6.99. The van der Waals surface area contributed by atoms with Gasteiger partial charge in [-0.2, -0.15) is 0 Å². The fourth-order valence-electron chi connectivity index (χ4n) is 4.77. The van der Waals surface area contributed by atoms with Crippen molar-refractivity contribution in [1.82, 2.24) is 0 Å². The number of carboxylic acid groups (broad SMARTS) is 1. The van der Waals surface area contributed by atoms with E-state index in [1.807, 2.05) is 0 Å². The minimum atomic E-state index is -0.649. The Hall–Kier alpha value is -0.0105. The molecule has 0 aliphatic carbocycles. The number of rotatable bonds is 28. The largest absolute Gasteiger partial charge is 0.481 e. The van der Waals surface area contributed by atoms with Crippen LogP contribution in [0.4, 0.5) is 0 Å². The fraction of sp³-hybridized carbons (Fsp3) is 0.967. The van der Waals surface area contributed by atoms with Crippen molar-refractivity contribution in [1.29, 1.82) is 0 Å². The van der Waals surface area contributed by atoms with Crippen molar-refractivity contribution < 1.29 is 27.0 Å². The Morgan fingerprint density at radius 1 is 0.394 bits per heavy atom. The molecule has 0 fully saturated rings. The Morgan fingerprint density at radius 2 is 0.576 bits per heavy atom. The summed E-state index contributed by atoms with van der Waals surface area (Å²) in [6, 6.07) is 0. The maximum absolute atomic E-state index is 10.4. The van der Waals surface area contributed by atoms with Gasteiger partial charge in [0.1, 0.15) is 0 Å². The topological polar surface area (TPSA) is 37.3 Å². The molecule has 0 rings (SSSR count). The number of carboxylic acids is 1. The summed E-state index contributed by atoms with van der Waals surface area (Å²) in [5.74, 6) is -0.649. The van der Waals surface area contributed by atoms with E-state index < -0.39 is 5.97 Å². The zero-order valence-electron chi connectivity index (χ0n) is 22.5. The molecular weight excluding hydrogens is 456 g/mol. The van der Waals surface area contributed by atoms with Crippen molar-refractivity contribution in [3.8, 4) is 0 Å². The van der Waals surface area contributed by atoms with Gasteiger partial charge in [-0.3, -0.25) is 4.79 Å². The van der Waals surface area contributed by atoms with Crippen LogP contribution >= 0.6 is 0 Å². The zero-order chi connectivity index (χ0) is 23.4. The summed E-state index contributed by atoms with van der Waals surface area (Å²) in [4.78, 5) is 10.4. The molecule has 0 atom stereocenters. The van der Waals surface area contributed by atoms with E-state index >= 15 is 0 Å². The van der Waals surface area contributed by atoms with Gasteiger partial charge in [-0.05, 0) is 6.42 Å². The maximum atomic E-state index is 10.4.